The molecule has 29 heavy (non-hydrogen) atoms. The second kappa shape index (κ2) is 7.88. The quantitative estimate of drug-likeness (QED) is 0.613. The first-order valence-corrected chi connectivity index (χ1v) is 11.8. The average molecular weight is 431 g/mol. The molecule has 8 heteroatoms. The van der Waals surface area contributed by atoms with Crippen molar-refractivity contribution in [2.24, 2.45) is 0 Å². The zero-order valence-corrected chi connectivity index (χ0v) is 17.9. The molecule has 6 nitrogen and oxygen atoms in total. The Morgan fingerprint density at radius 2 is 1.31 bits per heavy atom. The lowest BCUT2D eigenvalue weighted by Gasteiger charge is -2.13. The van der Waals surface area contributed by atoms with Crippen LogP contribution in [0.15, 0.2) is 76.5 Å². The SMILES string of the molecule is Cc1ccc(C)c(S(=O)(=O)Nc2ccc(S(=O)(=O)Nc3ccccc3C)cc2)c1. The summed E-state index contributed by atoms with van der Waals surface area (Å²) in [5.74, 6) is 0. The molecule has 0 atom stereocenters. The van der Waals surface area contributed by atoms with Crippen molar-refractivity contribution < 1.29 is 16.8 Å². The van der Waals surface area contributed by atoms with Crippen molar-refractivity contribution in [3.63, 3.8) is 0 Å². The monoisotopic (exact) mass is 430 g/mol. The Labute approximate surface area is 171 Å². The Balaban J connectivity index is 1.83. The summed E-state index contributed by atoms with van der Waals surface area (Å²) in [6, 6.07) is 17.8. The van der Waals surface area contributed by atoms with E-state index >= 15 is 0 Å². The van der Waals surface area contributed by atoms with Gasteiger partial charge in [0.1, 0.15) is 0 Å². The minimum Gasteiger partial charge on any atom is -0.280 e. The molecule has 0 unspecified atom stereocenters. The molecule has 0 aliphatic carbocycles. The summed E-state index contributed by atoms with van der Waals surface area (Å²) in [5.41, 5.74) is 3.03. The van der Waals surface area contributed by atoms with Gasteiger partial charge in [0.15, 0.2) is 0 Å². The van der Waals surface area contributed by atoms with Gasteiger partial charge in [0.2, 0.25) is 0 Å². The van der Waals surface area contributed by atoms with E-state index in [1.54, 1.807) is 31.2 Å². The smallest absolute Gasteiger partial charge is 0.262 e. The maximum absolute atomic E-state index is 12.7. The highest BCUT2D eigenvalue weighted by Crippen LogP contribution is 2.23. The van der Waals surface area contributed by atoms with Gasteiger partial charge in [0, 0.05) is 5.69 Å². The molecule has 152 valence electrons. The van der Waals surface area contributed by atoms with Crippen molar-refractivity contribution in [1.29, 1.82) is 0 Å². The molecular formula is C21H22N2O4S2. The Morgan fingerprint density at radius 1 is 0.655 bits per heavy atom. The van der Waals surface area contributed by atoms with E-state index in [0.29, 0.717) is 11.3 Å². The van der Waals surface area contributed by atoms with E-state index in [1.807, 2.05) is 32.0 Å². The van der Waals surface area contributed by atoms with E-state index in [0.717, 1.165) is 11.1 Å². The lowest BCUT2D eigenvalue weighted by molar-refractivity contribution is 0.599. The molecule has 3 rings (SSSR count). The van der Waals surface area contributed by atoms with Gasteiger partial charge in [-0.1, -0.05) is 30.3 Å². The van der Waals surface area contributed by atoms with Crippen molar-refractivity contribution in [1.82, 2.24) is 0 Å². The normalized spacial score (nSPS) is 11.8. The molecule has 0 aliphatic rings. The summed E-state index contributed by atoms with van der Waals surface area (Å²) >= 11 is 0. The highest BCUT2D eigenvalue weighted by Gasteiger charge is 2.19. The second-order valence-corrected chi connectivity index (χ2v) is 10.2. The fourth-order valence-corrected chi connectivity index (χ4v) is 5.32. The second-order valence-electron chi connectivity index (χ2n) is 6.82. The molecule has 0 amide bonds. The van der Waals surface area contributed by atoms with Gasteiger partial charge < -0.3 is 0 Å². The van der Waals surface area contributed by atoms with E-state index in [4.69, 9.17) is 0 Å². The van der Waals surface area contributed by atoms with Crippen LogP contribution in [0.2, 0.25) is 0 Å². The minimum absolute atomic E-state index is 0.0374. The largest absolute Gasteiger partial charge is 0.280 e. The average Bonchev–Trinajstić information content (AvgIpc) is 2.65. The molecule has 0 fully saturated rings. The lowest BCUT2D eigenvalue weighted by Crippen LogP contribution is -2.15. The zero-order valence-electron chi connectivity index (χ0n) is 16.3. The van der Waals surface area contributed by atoms with Crippen LogP contribution in [0.4, 0.5) is 11.4 Å². The van der Waals surface area contributed by atoms with E-state index in [1.165, 1.54) is 24.3 Å². The summed E-state index contributed by atoms with van der Waals surface area (Å²) in [5, 5.41) is 0. The fourth-order valence-electron chi connectivity index (χ4n) is 2.80. The van der Waals surface area contributed by atoms with Crippen LogP contribution in [-0.4, -0.2) is 16.8 Å². The molecule has 2 N–H and O–H groups in total. The van der Waals surface area contributed by atoms with Gasteiger partial charge in [-0.15, -0.1) is 0 Å². The predicted molar refractivity (Wildman–Crippen MR) is 115 cm³/mol. The maximum Gasteiger partial charge on any atom is 0.262 e. The van der Waals surface area contributed by atoms with Gasteiger partial charge in [-0.3, -0.25) is 9.44 Å². The summed E-state index contributed by atoms with van der Waals surface area (Å²) in [7, 11) is -7.57. The van der Waals surface area contributed by atoms with Crippen LogP contribution >= 0.6 is 0 Å². The summed E-state index contributed by atoms with van der Waals surface area (Å²) in [4.78, 5) is 0.228. The summed E-state index contributed by atoms with van der Waals surface area (Å²) in [6.45, 7) is 5.35. The number of rotatable bonds is 6. The number of hydrogen-bond donors (Lipinski definition) is 2. The highest BCUT2D eigenvalue weighted by atomic mass is 32.2. The van der Waals surface area contributed by atoms with Crippen LogP contribution in [0.5, 0.6) is 0 Å². The third kappa shape index (κ3) is 4.78. The van der Waals surface area contributed by atoms with Crippen LogP contribution < -0.4 is 9.44 Å². The summed E-state index contributed by atoms with van der Waals surface area (Å²) < 4.78 is 55.6. The third-order valence-corrected chi connectivity index (χ3v) is 7.34. The Morgan fingerprint density at radius 3 is 1.97 bits per heavy atom. The topological polar surface area (TPSA) is 92.3 Å². The van der Waals surface area contributed by atoms with Crippen molar-refractivity contribution in [2.45, 2.75) is 30.6 Å². The number of anilines is 2. The van der Waals surface area contributed by atoms with E-state index in [2.05, 4.69) is 9.44 Å². The Kier molecular flexibility index (Phi) is 5.68. The van der Waals surface area contributed by atoms with Crippen LogP contribution in [-0.2, 0) is 20.0 Å². The Hall–Kier alpha value is -2.84. The molecular weight excluding hydrogens is 408 g/mol. The molecule has 0 heterocycles. The summed E-state index contributed by atoms with van der Waals surface area (Å²) in [6.07, 6.45) is 0. The van der Waals surface area contributed by atoms with Crippen molar-refractivity contribution in [2.75, 3.05) is 9.44 Å². The first-order chi connectivity index (χ1) is 13.6. The van der Waals surface area contributed by atoms with Gasteiger partial charge >= 0.3 is 0 Å². The van der Waals surface area contributed by atoms with E-state index in [-0.39, 0.29) is 15.5 Å². The van der Waals surface area contributed by atoms with E-state index in [9.17, 15) is 16.8 Å². The van der Waals surface area contributed by atoms with Gasteiger partial charge in [0.05, 0.1) is 15.5 Å². The minimum atomic E-state index is -3.79. The first kappa shape index (κ1) is 20.9. The molecule has 0 bridgehead atoms. The molecule has 0 aliphatic heterocycles. The zero-order chi connectivity index (χ0) is 21.2. The standard InChI is InChI=1S/C21H22N2O4S2/c1-15-8-9-17(3)21(14-15)29(26,27)22-18-10-12-19(13-11-18)28(24,25)23-20-7-5-4-6-16(20)2/h4-14,22-23H,1-3H3. The molecule has 0 saturated heterocycles. The number of benzene rings is 3. The molecule has 0 saturated carbocycles. The van der Waals surface area contributed by atoms with Crippen LogP contribution in [0.25, 0.3) is 0 Å². The number of nitrogens with one attached hydrogen (secondary N) is 2. The van der Waals surface area contributed by atoms with Gasteiger partial charge in [0.25, 0.3) is 20.0 Å². The highest BCUT2D eigenvalue weighted by molar-refractivity contribution is 7.93. The van der Waals surface area contributed by atoms with Gasteiger partial charge in [-0.2, -0.15) is 0 Å². The third-order valence-electron chi connectivity index (χ3n) is 4.44. The first-order valence-electron chi connectivity index (χ1n) is 8.87. The van der Waals surface area contributed by atoms with Crippen LogP contribution in [0.1, 0.15) is 16.7 Å². The van der Waals surface area contributed by atoms with Gasteiger partial charge in [-0.25, -0.2) is 16.8 Å². The molecule has 0 aromatic heterocycles. The molecule has 3 aromatic rings. The predicted octanol–water partition coefficient (Wildman–Crippen LogP) is 4.21. The number of sulfonamides is 2. The molecule has 3 aromatic carbocycles. The van der Waals surface area contributed by atoms with Crippen molar-refractivity contribution >= 4 is 31.4 Å². The number of hydrogen-bond acceptors (Lipinski definition) is 4. The van der Waals surface area contributed by atoms with Crippen molar-refractivity contribution in [3.8, 4) is 0 Å². The van der Waals surface area contributed by atoms with Crippen LogP contribution in [0.3, 0.4) is 0 Å². The van der Waals surface area contributed by atoms with Gasteiger partial charge in [-0.05, 0) is 73.9 Å². The fraction of sp³-hybridized carbons (Fsp3) is 0.143. The van der Waals surface area contributed by atoms with Crippen molar-refractivity contribution in [3.05, 3.63) is 83.4 Å². The number of aryl methyl sites for hydroxylation is 3. The lowest BCUT2D eigenvalue weighted by atomic mass is 10.2. The van der Waals surface area contributed by atoms with Crippen LogP contribution in [0, 0.1) is 20.8 Å². The number of para-hydroxylation sites is 1. The molecule has 0 radical (unpaired) electrons. The van der Waals surface area contributed by atoms with E-state index < -0.39 is 20.0 Å². The maximum atomic E-state index is 12.7. The Bertz CT molecular complexity index is 1250. The molecule has 0 spiro atoms.